The van der Waals surface area contributed by atoms with Crippen LogP contribution in [-0.4, -0.2) is 35.7 Å². The van der Waals surface area contributed by atoms with Gasteiger partial charge in [0, 0.05) is 34.8 Å². The first-order valence-corrected chi connectivity index (χ1v) is 12.6. The standard InChI is InChI=1S/C28H28N8O4/c29-27(38)28(16-20-6-1-2-7-21(20)17-32-35-30)25(24-9-4-3-8-22(24)18-33-36-31)40-26(34-28)19-10-12-23(13-11-19)39-15-5-14-37/h1-4,6-13,25,37H,5,14-18H2,(H2,29,38)/t25-,28-/m0/s1. The normalized spacial score (nSPS) is 17.6. The summed E-state index contributed by atoms with van der Waals surface area (Å²) in [6.45, 7) is 0.544. The first-order valence-electron chi connectivity index (χ1n) is 12.6. The van der Waals surface area contributed by atoms with Crippen molar-refractivity contribution < 1.29 is 19.4 Å². The lowest BCUT2D eigenvalue weighted by molar-refractivity contribution is -0.125. The van der Waals surface area contributed by atoms with Crippen molar-refractivity contribution in [2.24, 2.45) is 21.0 Å². The highest BCUT2D eigenvalue weighted by Crippen LogP contribution is 2.43. The Bertz CT molecular complexity index is 1480. The van der Waals surface area contributed by atoms with E-state index in [1.165, 1.54) is 0 Å². The lowest BCUT2D eigenvalue weighted by Crippen LogP contribution is -2.47. The van der Waals surface area contributed by atoms with Gasteiger partial charge in [0.1, 0.15) is 5.75 Å². The van der Waals surface area contributed by atoms with Crippen LogP contribution in [-0.2, 0) is 29.0 Å². The molecule has 0 spiro atoms. The Morgan fingerprint density at radius 1 is 0.975 bits per heavy atom. The van der Waals surface area contributed by atoms with Crippen LogP contribution < -0.4 is 10.5 Å². The van der Waals surface area contributed by atoms with E-state index in [1.807, 2.05) is 24.3 Å². The zero-order valence-corrected chi connectivity index (χ0v) is 21.6. The predicted octanol–water partition coefficient (Wildman–Crippen LogP) is 5.05. The number of aliphatic hydroxyl groups is 1. The Balaban J connectivity index is 1.81. The number of hydrogen-bond acceptors (Lipinski definition) is 7. The summed E-state index contributed by atoms with van der Waals surface area (Å²) in [5, 5.41) is 16.4. The molecular weight excluding hydrogens is 512 g/mol. The van der Waals surface area contributed by atoms with Gasteiger partial charge in [-0.15, -0.1) is 0 Å². The van der Waals surface area contributed by atoms with E-state index in [9.17, 15) is 4.79 Å². The summed E-state index contributed by atoms with van der Waals surface area (Å²) in [4.78, 5) is 23.9. The van der Waals surface area contributed by atoms with Gasteiger partial charge < -0.3 is 20.3 Å². The molecule has 1 aliphatic heterocycles. The van der Waals surface area contributed by atoms with Crippen molar-refractivity contribution in [2.75, 3.05) is 13.2 Å². The molecule has 3 aromatic carbocycles. The molecule has 4 rings (SSSR count). The van der Waals surface area contributed by atoms with Gasteiger partial charge >= 0.3 is 0 Å². The van der Waals surface area contributed by atoms with Crippen molar-refractivity contribution in [3.63, 3.8) is 0 Å². The van der Waals surface area contributed by atoms with Crippen molar-refractivity contribution in [3.05, 3.63) is 121 Å². The van der Waals surface area contributed by atoms with E-state index in [1.54, 1.807) is 48.5 Å². The molecule has 1 amide bonds. The van der Waals surface area contributed by atoms with Gasteiger partial charge in [-0.25, -0.2) is 4.99 Å². The van der Waals surface area contributed by atoms with E-state index in [0.717, 1.165) is 11.1 Å². The third-order valence-electron chi connectivity index (χ3n) is 6.59. The van der Waals surface area contributed by atoms with Crippen LogP contribution in [0.15, 0.2) is 88.0 Å². The molecule has 0 radical (unpaired) electrons. The van der Waals surface area contributed by atoms with E-state index < -0.39 is 17.6 Å². The van der Waals surface area contributed by atoms with Crippen molar-refractivity contribution in [1.29, 1.82) is 0 Å². The number of aliphatic hydroxyl groups excluding tert-OH is 1. The van der Waals surface area contributed by atoms with Crippen LogP contribution in [0, 0.1) is 0 Å². The zero-order valence-electron chi connectivity index (χ0n) is 21.6. The molecule has 12 heteroatoms. The number of azide groups is 2. The number of ether oxygens (including phenoxy) is 2. The number of nitrogens with zero attached hydrogens (tertiary/aromatic N) is 7. The van der Waals surface area contributed by atoms with Crippen molar-refractivity contribution in [2.45, 2.75) is 37.6 Å². The number of rotatable bonds is 13. The van der Waals surface area contributed by atoms with E-state index >= 15 is 0 Å². The minimum absolute atomic E-state index is 0.0342. The summed E-state index contributed by atoms with van der Waals surface area (Å²) in [6.07, 6.45) is -0.346. The highest BCUT2D eigenvalue weighted by molar-refractivity contribution is 6.00. The Morgan fingerprint density at radius 3 is 2.25 bits per heavy atom. The van der Waals surface area contributed by atoms with Crippen LogP contribution in [0.3, 0.4) is 0 Å². The SMILES string of the molecule is [N-]=[N+]=NCc1ccccc1C[C@]1(C(N)=O)N=C(c2ccc(OCCCO)cc2)O[C@H]1c1ccccc1CN=[N+]=[N-]. The number of carbonyl (C=O) groups excluding carboxylic acids is 1. The Hall–Kier alpha value is -5.02. The van der Waals surface area contributed by atoms with Crippen LogP contribution in [0.4, 0.5) is 0 Å². The number of amides is 1. The van der Waals surface area contributed by atoms with E-state index in [-0.39, 0.29) is 32.0 Å². The van der Waals surface area contributed by atoms with Gasteiger partial charge in [0.05, 0.1) is 19.7 Å². The van der Waals surface area contributed by atoms with E-state index in [0.29, 0.717) is 35.5 Å². The molecule has 0 bridgehead atoms. The second kappa shape index (κ2) is 13.2. The summed E-state index contributed by atoms with van der Waals surface area (Å²) in [5.74, 6) is 0.130. The summed E-state index contributed by atoms with van der Waals surface area (Å²) in [6, 6.07) is 21.5. The topological polar surface area (TPSA) is 192 Å². The van der Waals surface area contributed by atoms with E-state index in [4.69, 9.17) is 36.4 Å². The highest BCUT2D eigenvalue weighted by atomic mass is 16.5. The number of benzene rings is 3. The summed E-state index contributed by atoms with van der Waals surface area (Å²) >= 11 is 0. The Kier molecular flexibility index (Phi) is 9.22. The molecule has 0 aliphatic carbocycles. The zero-order chi connectivity index (χ0) is 28.4. The van der Waals surface area contributed by atoms with Gasteiger partial charge in [-0.1, -0.05) is 58.8 Å². The Labute approximate surface area is 230 Å². The van der Waals surface area contributed by atoms with Crippen LogP contribution >= 0.6 is 0 Å². The maximum Gasteiger partial charge on any atom is 0.250 e. The predicted molar refractivity (Wildman–Crippen MR) is 148 cm³/mol. The number of aliphatic imine (C=N–C) groups is 1. The molecule has 0 aromatic heterocycles. The number of hydrogen-bond donors (Lipinski definition) is 2. The molecule has 0 saturated carbocycles. The Morgan fingerprint density at radius 2 is 1.60 bits per heavy atom. The first kappa shape index (κ1) is 28.0. The fourth-order valence-corrected chi connectivity index (χ4v) is 4.60. The van der Waals surface area contributed by atoms with Crippen molar-refractivity contribution >= 4 is 11.8 Å². The fraction of sp³-hybridized carbons (Fsp3) is 0.286. The molecule has 204 valence electrons. The van der Waals surface area contributed by atoms with E-state index in [2.05, 4.69) is 20.1 Å². The molecule has 3 N–H and O–H groups in total. The number of primary amides is 1. The smallest absolute Gasteiger partial charge is 0.250 e. The molecule has 0 saturated heterocycles. The second-order valence-corrected chi connectivity index (χ2v) is 9.08. The number of carbonyl (C=O) groups is 1. The van der Waals surface area contributed by atoms with Crippen LogP contribution in [0.25, 0.3) is 20.9 Å². The molecular formula is C28H28N8O4. The van der Waals surface area contributed by atoms with Gasteiger partial charge in [0.2, 0.25) is 11.8 Å². The third-order valence-corrected chi connectivity index (χ3v) is 6.59. The van der Waals surface area contributed by atoms with Gasteiger partial charge in [-0.05, 0) is 57.6 Å². The molecule has 1 aliphatic rings. The first-order chi connectivity index (χ1) is 19.5. The molecule has 0 fully saturated rings. The van der Waals surface area contributed by atoms with Gasteiger partial charge in [0.15, 0.2) is 11.6 Å². The highest BCUT2D eigenvalue weighted by Gasteiger charge is 2.53. The fourth-order valence-electron chi connectivity index (χ4n) is 4.60. The van der Waals surface area contributed by atoms with Gasteiger partial charge in [-0.2, -0.15) is 0 Å². The third kappa shape index (κ3) is 6.16. The summed E-state index contributed by atoms with van der Waals surface area (Å²) in [7, 11) is 0. The maximum absolute atomic E-state index is 13.4. The maximum atomic E-state index is 13.4. The molecule has 1 heterocycles. The van der Waals surface area contributed by atoms with Gasteiger partial charge in [0.25, 0.3) is 0 Å². The molecule has 40 heavy (non-hydrogen) atoms. The molecule has 12 nitrogen and oxygen atoms in total. The average Bonchev–Trinajstić information content (AvgIpc) is 3.36. The van der Waals surface area contributed by atoms with Crippen molar-refractivity contribution in [1.82, 2.24) is 0 Å². The minimum Gasteiger partial charge on any atom is -0.494 e. The summed E-state index contributed by atoms with van der Waals surface area (Å²) < 4.78 is 12.0. The van der Waals surface area contributed by atoms with Crippen LogP contribution in [0.2, 0.25) is 0 Å². The monoisotopic (exact) mass is 540 g/mol. The minimum atomic E-state index is -1.56. The van der Waals surface area contributed by atoms with Crippen LogP contribution in [0.1, 0.15) is 40.3 Å². The molecule has 3 aromatic rings. The summed E-state index contributed by atoms with van der Waals surface area (Å²) in [5.41, 5.74) is 25.7. The quantitative estimate of drug-likeness (QED) is 0.133. The average molecular weight is 541 g/mol. The lowest BCUT2D eigenvalue weighted by Gasteiger charge is -2.30. The number of nitrogens with two attached hydrogens (primary N) is 1. The van der Waals surface area contributed by atoms with Gasteiger partial charge in [-0.3, -0.25) is 4.79 Å². The lowest BCUT2D eigenvalue weighted by atomic mass is 9.80. The largest absolute Gasteiger partial charge is 0.494 e. The second-order valence-electron chi connectivity index (χ2n) is 9.08. The van der Waals surface area contributed by atoms with Crippen molar-refractivity contribution in [3.8, 4) is 5.75 Å². The molecule has 0 unspecified atom stereocenters. The molecule has 2 atom stereocenters. The van der Waals surface area contributed by atoms with Crippen LogP contribution in [0.5, 0.6) is 5.75 Å².